The highest BCUT2D eigenvalue weighted by atomic mass is 19.1. The Bertz CT molecular complexity index is 1210. The molecule has 6 nitrogen and oxygen atoms in total. The molecule has 7 heteroatoms. The quantitative estimate of drug-likeness (QED) is 0.477. The van der Waals surface area contributed by atoms with Crippen molar-refractivity contribution in [3.05, 3.63) is 77.6 Å². The van der Waals surface area contributed by atoms with Crippen LogP contribution in [0.4, 0.5) is 4.39 Å². The SMILES string of the molecule is CCOC(=O)c1cccc(Cc2c(-c3cccnc3)[nH]c3cc(OC)c(F)cc23)n1. The van der Waals surface area contributed by atoms with E-state index in [1.807, 2.05) is 18.2 Å². The molecule has 3 aromatic heterocycles. The summed E-state index contributed by atoms with van der Waals surface area (Å²) in [5, 5.41) is 0.718. The molecule has 30 heavy (non-hydrogen) atoms. The molecule has 4 aromatic rings. The Labute approximate surface area is 172 Å². The highest BCUT2D eigenvalue weighted by molar-refractivity contribution is 5.92. The van der Waals surface area contributed by atoms with Crippen LogP contribution in [0.5, 0.6) is 5.75 Å². The average molecular weight is 405 g/mol. The molecule has 0 aliphatic heterocycles. The van der Waals surface area contributed by atoms with Crippen LogP contribution in [0.2, 0.25) is 0 Å². The number of H-pyrrole nitrogens is 1. The van der Waals surface area contributed by atoms with E-state index < -0.39 is 11.8 Å². The number of hydrogen-bond donors (Lipinski definition) is 1. The molecule has 0 bridgehead atoms. The number of carbonyl (C=O) groups is 1. The largest absolute Gasteiger partial charge is 0.494 e. The van der Waals surface area contributed by atoms with Gasteiger partial charge < -0.3 is 14.5 Å². The summed E-state index contributed by atoms with van der Waals surface area (Å²) in [6, 6.07) is 12.1. The molecule has 152 valence electrons. The monoisotopic (exact) mass is 405 g/mol. The third-order valence-electron chi connectivity index (χ3n) is 4.78. The van der Waals surface area contributed by atoms with E-state index in [9.17, 15) is 9.18 Å². The Morgan fingerprint density at radius 1 is 1.20 bits per heavy atom. The number of pyridine rings is 2. The zero-order chi connectivity index (χ0) is 21.1. The number of halogens is 1. The van der Waals surface area contributed by atoms with Crippen LogP contribution in [-0.4, -0.2) is 34.6 Å². The molecule has 0 spiro atoms. The van der Waals surface area contributed by atoms with E-state index in [0.29, 0.717) is 12.1 Å². The summed E-state index contributed by atoms with van der Waals surface area (Å²) in [5.41, 5.74) is 4.18. The number of methoxy groups -OCH3 is 1. The lowest BCUT2D eigenvalue weighted by atomic mass is 10.0. The molecular weight excluding hydrogens is 385 g/mol. The second kappa shape index (κ2) is 8.32. The molecule has 0 aliphatic rings. The van der Waals surface area contributed by atoms with Gasteiger partial charge in [0.2, 0.25) is 0 Å². The number of benzene rings is 1. The number of nitrogens with zero attached hydrogens (tertiary/aromatic N) is 2. The lowest BCUT2D eigenvalue weighted by Crippen LogP contribution is -2.08. The lowest BCUT2D eigenvalue weighted by molar-refractivity contribution is 0.0519. The van der Waals surface area contributed by atoms with Crippen molar-refractivity contribution in [1.82, 2.24) is 15.0 Å². The van der Waals surface area contributed by atoms with Gasteiger partial charge in [-0.1, -0.05) is 6.07 Å². The maximum Gasteiger partial charge on any atom is 0.356 e. The third-order valence-corrected chi connectivity index (χ3v) is 4.78. The molecule has 0 saturated carbocycles. The normalized spacial score (nSPS) is 10.9. The fraction of sp³-hybridized carbons (Fsp3) is 0.174. The summed E-state index contributed by atoms with van der Waals surface area (Å²) in [4.78, 5) is 24.0. The second-order valence-electron chi connectivity index (χ2n) is 6.66. The highest BCUT2D eigenvalue weighted by Gasteiger charge is 2.18. The summed E-state index contributed by atoms with van der Waals surface area (Å²) < 4.78 is 24.6. The molecule has 0 radical (unpaired) electrons. The minimum atomic E-state index is -0.471. The van der Waals surface area contributed by atoms with Crippen LogP contribution in [0.3, 0.4) is 0 Å². The zero-order valence-electron chi connectivity index (χ0n) is 16.6. The molecule has 0 aliphatic carbocycles. The minimum absolute atomic E-state index is 0.162. The smallest absolute Gasteiger partial charge is 0.356 e. The number of carbonyl (C=O) groups excluding carboxylic acids is 1. The summed E-state index contributed by atoms with van der Waals surface area (Å²) in [6.07, 6.45) is 3.83. The number of rotatable bonds is 6. The molecule has 0 fully saturated rings. The van der Waals surface area contributed by atoms with Gasteiger partial charge in [0.05, 0.1) is 24.9 Å². The van der Waals surface area contributed by atoms with Gasteiger partial charge in [0.25, 0.3) is 0 Å². The van der Waals surface area contributed by atoms with Crippen LogP contribution in [0.25, 0.3) is 22.2 Å². The zero-order valence-corrected chi connectivity index (χ0v) is 16.6. The molecule has 0 unspecified atom stereocenters. The van der Waals surface area contributed by atoms with E-state index in [-0.39, 0.29) is 18.1 Å². The van der Waals surface area contributed by atoms with Crippen LogP contribution in [-0.2, 0) is 11.2 Å². The molecule has 0 atom stereocenters. The van der Waals surface area contributed by atoms with Crippen molar-refractivity contribution >= 4 is 16.9 Å². The van der Waals surface area contributed by atoms with Crippen molar-refractivity contribution < 1.29 is 18.7 Å². The Kier molecular flexibility index (Phi) is 5.43. The topological polar surface area (TPSA) is 77.1 Å². The van der Waals surface area contributed by atoms with Gasteiger partial charge in [-0.25, -0.2) is 14.2 Å². The average Bonchev–Trinajstić information content (AvgIpc) is 3.11. The fourth-order valence-corrected chi connectivity index (χ4v) is 3.43. The van der Waals surface area contributed by atoms with E-state index in [1.165, 1.54) is 13.2 Å². The summed E-state index contributed by atoms with van der Waals surface area (Å²) in [5.74, 6) is -0.756. The van der Waals surface area contributed by atoms with Crippen LogP contribution >= 0.6 is 0 Å². The first-order chi connectivity index (χ1) is 14.6. The lowest BCUT2D eigenvalue weighted by Gasteiger charge is -2.07. The number of nitrogens with one attached hydrogen (secondary N) is 1. The summed E-state index contributed by atoms with van der Waals surface area (Å²) >= 11 is 0. The van der Waals surface area contributed by atoms with Crippen molar-refractivity contribution in [3.8, 4) is 17.0 Å². The summed E-state index contributed by atoms with van der Waals surface area (Å²) in [7, 11) is 1.43. The molecule has 1 aromatic carbocycles. The van der Waals surface area contributed by atoms with E-state index in [4.69, 9.17) is 9.47 Å². The van der Waals surface area contributed by atoms with Crippen LogP contribution < -0.4 is 4.74 Å². The van der Waals surface area contributed by atoms with E-state index in [0.717, 1.165) is 27.7 Å². The maximum atomic E-state index is 14.5. The van der Waals surface area contributed by atoms with Gasteiger partial charge in [-0.3, -0.25) is 4.98 Å². The molecule has 0 saturated heterocycles. The number of ether oxygens (including phenoxy) is 2. The van der Waals surface area contributed by atoms with Crippen molar-refractivity contribution in [3.63, 3.8) is 0 Å². The van der Waals surface area contributed by atoms with Crippen molar-refractivity contribution in [2.24, 2.45) is 0 Å². The molecule has 1 N–H and O–H groups in total. The number of aromatic amines is 1. The first-order valence-corrected chi connectivity index (χ1v) is 9.52. The van der Waals surface area contributed by atoms with Gasteiger partial charge >= 0.3 is 5.97 Å². The van der Waals surface area contributed by atoms with Crippen LogP contribution in [0.1, 0.15) is 28.7 Å². The van der Waals surface area contributed by atoms with Gasteiger partial charge in [0, 0.05) is 41.5 Å². The van der Waals surface area contributed by atoms with Crippen LogP contribution in [0.15, 0.2) is 54.9 Å². The predicted octanol–water partition coefficient (Wildman–Crippen LogP) is 4.54. The molecule has 3 heterocycles. The van der Waals surface area contributed by atoms with Gasteiger partial charge in [-0.2, -0.15) is 0 Å². The highest BCUT2D eigenvalue weighted by Crippen LogP contribution is 2.34. The van der Waals surface area contributed by atoms with Gasteiger partial charge in [-0.15, -0.1) is 0 Å². The van der Waals surface area contributed by atoms with Crippen molar-refractivity contribution in [1.29, 1.82) is 0 Å². The van der Waals surface area contributed by atoms with Crippen molar-refractivity contribution in [2.45, 2.75) is 13.3 Å². The molecule has 4 rings (SSSR count). The molecule has 0 amide bonds. The van der Waals surface area contributed by atoms with Gasteiger partial charge in [0.1, 0.15) is 5.69 Å². The maximum absolute atomic E-state index is 14.5. The van der Waals surface area contributed by atoms with Crippen LogP contribution in [0, 0.1) is 5.82 Å². The number of esters is 1. The van der Waals surface area contributed by atoms with Gasteiger partial charge in [-0.05, 0) is 42.8 Å². The number of hydrogen-bond acceptors (Lipinski definition) is 5. The Hall–Kier alpha value is -3.74. The second-order valence-corrected chi connectivity index (χ2v) is 6.66. The van der Waals surface area contributed by atoms with E-state index >= 15 is 0 Å². The first-order valence-electron chi connectivity index (χ1n) is 9.52. The Morgan fingerprint density at radius 3 is 2.80 bits per heavy atom. The minimum Gasteiger partial charge on any atom is -0.494 e. The summed E-state index contributed by atoms with van der Waals surface area (Å²) in [6.45, 7) is 2.02. The first kappa shape index (κ1) is 19.6. The van der Waals surface area contributed by atoms with Gasteiger partial charge in [0.15, 0.2) is 11.6 Å². The standard InChI is InChI=1S/C23H20FN3O3/c1-3-30-23(28)19-8-4-7-15(26-19)10-17-16-11-18(24)21(29-2)12-20(16)27-22(17)14-6-5-9-25-13-14/h4-9,11-13,27H,3,10H2,1-2H3. The predicted molar refractivity (Wildman–Crippen MR) is 111 cm³/mol. The number of aromatic nitrogens is 3. The number of fused-ring (bicyclic) bond motifs is 1. The Balaban J connectivity index is 1.84. The van der Waals surface area contributed by atoms with E-state index in [1.54, 1.807) is 37.5 Å². The third kappa shape index (κ3) is 3.74. The van der Waals surface area contributed by atoms with E-state index in [2.05, 4.69) is 15.0 Å². The molecular formula is C23H20FN3O3. The Morgan fingerprint density at radius 2 is 2.07 bits per heavy atom. The van der Waals surface area contributed by atoms with Crippen molar-refractivity contribution in [2.75, 3.05) is 13.7 Å². The fourth-order valence-electron chi connectivity index (χ4n) is 3.43.